The van der Waals surface area contributed by atoms with Crippen molar-refractivity contribution in [3.05, 3.63) is 51.6 Å². The van der Waals surface area contributed by atoms with E-state index in [0.29, 0.717) is 41.4 Å². The van der Waals surface area contributed by atoms with Gasteiger partial charge in [0.1, 0.15) is 5.82 Å². The molecule has 2 rings (SSSR count). The fraction of sp³-hybridized carbons (Fsp3) is 0.444. The minimum Gasteiger partial charge on any atom is -0.305 e. The fourth-order valence-corrected chi connectivity index (χ4v) is 2.41. The summed E-state index contributed by atoms with van der Waals surface area (Å²) in [5, 5.41) is 4.44. The molecule has 24 heavy (non-hydrogen) atoms. The van der Waals surface area contributed by atoms with E-state index in [1.165, 1.54) is 10.7 Å². The lowest BCUT2D eigenvalue weighted by Gasteiger charge is -2.15. The molecule has 0 saturated heterocycles. The Labute approximate surface area is 148 Å². The predicted molar refractivity (Wildman–Crippen MR) is 98.1 cm³/mol. The number of benzene rings is 1. The van der Waals surface area contributed by atoms with Crippen molar-refractivity contribution in [3.63, 3.8) is 0 Å². The smallest absolute Gasteiger partial charge is 0.271 e. The lowest BCUT2D eigenvalue weighted by Crippen LogP contribution is -2.30. The van der Waals surface area contributed by atoms with Crippen LogP contribution in [0.3, 0.4) is 0 Å². The molecule has 4 nitrogen and oxygen atoms in total. The number of hydrogen-bond acceptors (Lipinski definition) is 3. The summed E-state index contributed by atoms with van der Waals surface area (Å²) in [5.74, 6) is 0.0393. The Balaban J connectivity index is 0.00000288. The summed E-state index contributed by atoms with van der Waals surface area (Å²) in [6.45, 7) is 6.88. The van der Waals surface area contributed by atoms with E-state index < -0.39 is 0 Å². The van der Waals surface area contributed by atoms with E-state index in [1.54, 1.807) is 19.1 Å². The molecule has 0 atom stereocenters. The maximum absolute atomic E-state index is 13.9. The monoisotopic (exact) mass is 353 g/mol. The van der Waals surface area contributed by atoms with E-state index in [2.05, 4.69) is 5.10 Å². The molecule has 0 aliphatic rings. The van der Waals surface area contributed by atoms with E-state index in [4.69, 9.17) is 0 Å². The molecule has 0 radical (unpaired) electrons. The van der Waals surface area contributed by atoms with Gasteiger partial charge in [-0.15, -0.1) is 12.4 Å². The van der Waals surface area contributed by atoms with E-state index in [-0.39, 0.29) is 23.8 Å². The molecule has 2 aromatic rings. The highest BCUT2D eigenvalue weighted by atomic mass is 35.5. The molecule has 132 valence electrons. The molecule has 1 heterocycles. The van der Waals surface area contributed by atoms with Crippen molar-refractivity contribution in [2.75, 3.05) is 14.1 Å². The molecule has 0 aliphatic heterocycles. The van der Waals surface area contributed by atoms with E-state index >= 15 is 0 Å². The molecule has 0 N–H and O–H groups in total. The molecule has 0 amide bonds. The molecule has 0 fully saturated rings. The maximum Gasteiger partial charge on any atom is 0.271 e. The highest BCUT2D eigenvalue weighted by Gasteiger charge is 2.12. The number of aryl methyl sites for hydroxylation is 1. The largest absolute Gasteiger partial charge is 0.305 e. The second-order valence-electron chi connectivity index (χ2n) is 6.64. The first-order chi connectivity index (χ1) is 10.8. The van der Waals surface area contributed by atoms with Crippen LogP contribution in [0.4, 0.5) is 4.39 Å². The Morgan fingerprint density at radius 3 is 2.46 bits per heavy atom. The average Bonchev–Trinajstić information content (AvgIpc) is 2.45. The number of halogens is 2. The third-order valence-electron chi connectivity index (χ3n) is 3.54. The van der Waals surface area contributed by atoms with Gasteiger partial charge in [0.25, 0.3) is 5.56 Å². The van der Waals surface area contributed by atoms with E-state index in [0.717, 1.165) is 0 Å². The summed E-state index contributed by atoms with van der Waals surface area (Å²) >= 11 is 0. The Hall–Kier alpha value is -1.72. The van der Waals surface area contributed by atoms with Crippen LogP contribution in [0.2, 0.25) is 0 Å². The van der Waals surface area contributed by atoms with E-state index in [1.807, 2.05) is 38.9 Å². The van der Waals surface area contributed by atoms with Gasteiger partial charge < -0.3 is 4.90 Å². The normalized spacial score (nSPS) is 11.0. The van der Waals surface area contributed by atoms with Gasteiger partial charge in [0, 0.05) is 24.2 Å². The summed E-state index contributed by atoms with van der Waals surface area (Å²) in [5.41, 5.74) is 2.50. The van der Waals surface area contributed by atoms with Crippen molar-refractivity contribution in [2.45, 2.75) is 33.9 Å². The van der Waals surface area contributed by atoms with Crippen LogP contribution in [0.1, 0.15) is 25.0 Å². The quantitative estimate of drug-likeness (QED) is 0.825. The number of rotatable bonds is 5. The number of aromatic nitrogens is 2. The topological polar surface area (TPSA) is 38.1 Å². The predicted octanol–water partition coefficient (Wildman–Crippen LogP) is 3.50. The van der Waals surface area contributed by atoms with Crippen LogP contribution in [0, 0.1) is 18.7 Å². The Bertz CT molecular complexity index is 722. The third-order valence-corrected chi connectivity index (χ3v) is 3.54. The first-order valence-electron chi connectivity index (χ1n) is 7.80. The van der Waals surface area contributed by atoms with Crippen LogP contribution in [0.25, 0.3) is 11.3 Å². The molecule has 0 bridgehead atoms. The minimum absolute atomic E-state index is 0. The van der Waals surface area contributed by atoms with Gasteiger partial charge in [0.05, 0.1) is 5.69 Å². The van der Waals surface area contributed by atoms with Crippen LogP contribution in [0.5, 0.6) is 0 Å². The summed E-state index contributed by atoms with van der Waals surface area (Å²) in [7, 11) is 3.83. The van der Waals surface area contributed by atoms with Crippen LogP contribution in [-0.2, 0) is 13.1 Å². The summed E-state index contributed by atoms with van der Waals surface area (Å²) in [4.78, 5) is 14.5. The second kappa shape index (κ2) is 8.40. The molecule has 1 aromatic carbocycles. The van der Waals surface area contributed by atoms with Gasteiger partial charge in [-0.25, -0.2) is 9.07 Å². The van der Waals surface area contributed by atoms with Gasteiger partial charge in [0.15, 0.2) is 0 Å². The van der Waals surface area contributed by atoms with E-state index in [9.17, 15) is 9.18 Å². The zero-order chi connectivity index (χ0) is 17.1. The fourth-order valence-electron chi connectivity index (χ4n) is 2.41. The third kappa shape index (κ3) is 4.89. The first-order valence-corrected chi connectivity index (χ1v) is 7.80. The molecular weight excluding hydrogens is 329 g/mol. The van der Waals surface area contributed by atoms with Gasteiger partial charge >= 0.3 is 0 Å². The second-order valence-corrected chi connectivity index (χ2v) is 6.64. The Morgan fingerprint density at radius 1 is 1.25 bits per heavy atom. The summed E-state index contributed by atoms with van der Waals surface area (Å²) in [6.07, 6.45) is 0. The van der Waals surface area contributed by atoms with Crippen LogP contribution in [0.15, 0.2) is 29.1 Å². The molecule has 0 saturated carbocycles. The summed E-state index contributed by atoms with van der Waals surface area (Å²) in [6, 6.07) is 6.81. The summed E-state index contributed by atoms with van der Waals surface area (Å²) < 4.78 is 15.4. The van der Waals surface area contributed by atoms with Crippen LogP contribution >= 0.6 is 12.4 Å². The maximum atomic E-state index is 13.9. The van der Waals surface area contributed by atoms with Crippen LogP contribution in [-0.4, -0.2) is 28.8 Å². The highest BCUT2D eigenvalue weighted by Crippen LogP contribution is 2.20. The molecule has 0 unspecified atom stereocenters. The van der Waals surface area contributed by atoms with Gasteiger partial charge in [-0.05, 0) is 44.6 Å². The molecule has 0 spiro atoms. The number of hydrogen-bond donors (Lipinski definition) is 0. The molecular formula is C18H25ClFN3O. The zero-order valence-electron chi connectivity index (χ0n) is 14.8. The lowest BCUT2D eigenvalue weighted by atomic mass is 10.1. The van der Waals surface area contributed by atoms with Gasteiger partial charge in [-0.3, -0.25) is 4.79 Å². The van der Waals surface area contributed by atoms with Crippen molar-refractivity contribution >= 4 is 12.4 Å². The van der Waals surface area contributed by atoms with Crippen molar-refractivity contribution in [2.24, 2.45) is 5.92 Å². The standard InChI is InChI=1S/C18H24FN3O.ClH/c1-12(2)10-22-18(23)15(11-21(4)5)9-17(20-22)14-7-6-13(3)16(19)8-14;/h6-9,12H,10-11H2,1-5H3;1H. The molecule has 0 aliphatic carbocycles. The van der Waals surface area contributed by atoms with Crippen molar-refractivity contribution in [3.8, 4) is 11.3 Å². The van der Waals surface area contributed by atoms with Gasteiger partial charge in [0.2, 0.25) is 0 Å². The first kappa shape index (κ1) is 20.3. The molecule has 1 aromatic heterocycles. The minimum atomic E-state index is -0.264. The highest BCUT2D eigenvalue weighted by molar-refractivity contribution is 5.85. The number of nitrogens with zero attached hydrogens (tertiary/aromatic N) is 3. The van der Waals surface area contributed by atoms with Gasteiger partial charge in [-0.1, -0.05) is 26.0 Å². The van der Waals surface area contributed by atoms with Crippen molar-refractivity contribution < 1.29 is 4.39 Å². The Kier molecular flexibility index (Phi) is 7.11. The average molecular weight is 354 g/mol. The lowest BCUT2D eigenvalue weighted by molar-refractivity contribution is 0.392. The Morgan fingerprint density at radius 2 is 1.92 bits per heavy atom. The zero-order valence-corrected chi connectivity index (χ0v) is 15.7. The molecule has 6 heteroatoms. The van der Waals surface area contributed by atoms with Crippen molar-refractivity contribution in [1.29, 1.82) is 0 Å². The van der Waals surface area contributed by atoms with Crippen LogP contribution < -0.4 is 5.56 Å². The van der Waals surface area contributed by atoms with Gasteiger partial charge in [-0.2, -0.15) is 5.10 Å². The van der Waals surface area contributed by atoms with Crippen molar-refractivity contribution in [1.82, 2.24) is 14.7 Å². The SMILES string of the molecule is Cc1ccc(-c2cc(CN(C)C)c(=O)n(CC(C)C)n2)cc1F.Cl.